The number of unbranched alkanes of at least 4 members (excludes halogenated alkanes) is 20. The lowest BCUT2D eigenvalue weighted by molar-refractivity contribution is -0.301. The zero-order valence-electron chi connectivity index (χ0n) is 48.2. The van der Waals surface area contributed by atoms with E-state index in [1.807, 2.05) is 0 Å². The number of aliphatic hydroxyl groups excluding tert-OH is 2. The third-order valence-corrected chi connectivity index (χ3v) is 13.1. The number of carbonyl (C=O) groups is 4. The minimum Gasteiger partial charge on any atom is -0.479 e. The summed E-state index contributed by atoms with van der Waals surface area (Å²) in [7, 11) is 0. The molecule has 0 aromatic heterocycles. The highest BCUT2D eigenvalue weighted by molar-refractivity contribution is 5.74. The van der Waals surface area contributed by atoms with E-state index in [0.29, 0.717) is 19.3 Å². The number of esters is 3. The molecule has 1 heterocycles. The highest BCUT2D eigenvalue weighted by Crippen LogP contribution is 2.26. The van der Waals surface area contributed by atoms with Crippen LogP contribution in [-0.2, 0) is 42.9 Å². The molecule has 0 aromatic rings. The molecular weight excluding hydrogens is 973 g/mol. The van der Waals surface area contributed by atoms with Gasteiger partial charge in [-0.15, -0.1) is 0 Å². The largest absolute Gasteiger partial charge is 0.479 e. The highest BCUT2D eigenvalue weighted by atomic mass is 16.7. The van der Waals surface area contributed by atoms with Crippen LogP contribution in [0, 0.1) is 0 Å². The van der Waals surface area contributed by atoms with Crippen LogP contribution in [-0.4, -0.2) is 89.2 Å². The SMILES string of the molecule is CC/C=C\C/C=C\C/C=C\C/C=C\CCCCCCCCC(=O)OCC(COC1OC(C(=O)O)C(O)C(O)C1OC(=O)CCCCCCC/C=C\C/C=C\CCC)OC(=O)CCCCCCC/C=C\C/C=C\CCCCC. The van der Waals surface area contributed by atoms with Crippen LogP contribution >= 0.6 is 0 Å². The summed E-state index contributed by atoms with van der Waals surface area (Å²) < 4.78 is 28.4. The quantitative estimate of drug-likeness (QED) is 0.0228. The summed E-state index contributed by atoms with van der Waals surface area (Å²) >= 11 is 0. The van der Waals surface area contributed by atoms with Crippen LogP contribution in [0.15, 0.2) is 97.2 Å². The summed E-state index contributed by atoms with van der Waals surface area (Å²) in [5.41, 5.74) is 0. The molecular formula is C65H106O12. The first-order valence-corrected chi connectivity index (χ1v) is 30.2. The van der Waals surface area contributed by atoms with E-state index in [1.54, 1.807) is 0 Å². The molecule has 77 heavy (non-hydrogen) atoms. The lowest BCUT2D eigenvalue weighted by Crippen LogP contribution is -2.61. The van der Waals surface area contributed by atoms with Gasteiger partial charge in [-0.3, -0.25) is 14.4 Å². The third kappa shape index (κ3) is 42.3. The average molecular weight is 1080 g/mol. The Morgan fingerprint density at radius 1 is 0.442 bits per heavy atom. The Balaban J connectivity index is 2.71. The van der Waals surface area contributed by atoms with Crippen LogP contribution in [0.25, 0.3) is 0 Å². The number of allylic oxidation sites excluding steroid dienone is 16. The van der Waals surface area contributed by atoms with Crippen molar-refractivity contribution in [1.82, 2.24) is 0 Å². The second-order valence-electron chi connectivity index (χ2n) is 20.2. The zero-order chi connectivity index (χ0) is 56.1. The molecule has 1 rings (SSSR count). The molecule has 1 fully saturated rings. The van der Waals surface area contributed by atoms with Crippen molar-refractivity contribution < 1.29 is 58.2 Å². The fourth-order valence-electron chi connectivity index (χ4n) is 8.48. The van der Waals surface area contributed by atoms with Gasteiger partial charge in [0.25, 0.3) is 0 Å². The second-order valence-corrected chi connectivity index (χ2v) is 20.2. The van der Waals surface area contributed by atoms with Crippen molar-refractivity contribution in [3.63, 3.8) is 0 Å². The molecule has 0 saturated carbocycles. The lowest BCUT2D eigenvalue weighted by Gasteiger charge is -2.40. The number of hydrogen-bond acceptors (Lipinski definition) is 11. The molecule has 1 aliphatic rings. The fourth-order valence-corrected chi connectivity index (χ4v) is 8.48. The Kier molecular flexibility index (Phi) is 48.0. The van der Waals surface area contributed by atoms with Crippen molar-refractivity contribution in [2.75, 3.05) is 13.2 Å². The first kappa shape index (κ1) is 70.7. The van der Waals surface area contributed by atoms with Gasteiger partial charge in [-0.2, -0.15) is 0 Å². The van der Waals surface area contributed by atoms with Crippen molar-refractivity contribution in [2.24, 2.45) is 0 Å². The topological polar surface area (TPSA) is 175 Å². The molecule has 0 amide bonds. The van der Waals surface area contributed by atoms with Gasteiger partial charge in [-0.25, -0.2) is 4.79 Å². The van der Waals surface area contributed by atoms with Gasteiger partial charge >= 0.3 is 23.9 Å². The Hall–Kier alpha value is -4.36. The number of rotatable bonds is 50. The highest BCUT2D eigenvalue weighted by Gasteiger charge is 2.50. The predicted octanol–water partition coefficient (Wildman–Crippen LogP) is 15.7. The molecule has 1 aliphatic heterocycles. The number of carboxylic acids is 1. The van der Waals surface area contributed by atoms with E-state index in [9.17, 15) is 34.5 Å². The molecule has 6 atom stereocenters. The van der Waals surface area contributed by atoms with Crippen LogP contribution in [0.4, 0.5) is 0 Å². The van der Waals surface area contributed by atoms with Gasteiger partial charge in [0.2, 0.25) is 0 Å². The lowest BCUT2D eigenvalue weighted by atomic mass is 9.98. The van der Waals surface area contributed by atoms with Gasteiger partial charge < -0.3 is 39.0 Å². The Labute approximate surface area is 466 Å². The van der Waals surface area contributed by atoms with Gasteiger partial charge in [0, 0.05) is 19.3 Å². The average Bonchev–Trinajstić information content (AvgIpc) is 3.42. The zero-order valence-corrected chi connectivity index (χ0v) is 48.2. The minimum atomic E-state index is -1.92. The maximum atomic E-state index is 13.2. The van der Waals surface area contributed by atoms with Gasteiger partial charge in [0.15, 0.2) is 24.6 Å². The summed E-state index contributed by atoms with van der Waals surface area (Å²) in [6.45, 7) is 5.75. The van der Waals surface area contributed by atoms with Crippen LogP contribution < -0.4 is 0 Å². The summed E-state index contributed by atoms with van der Waals surface area (Å²) in [5, 5.41) is 31.5. The van der Waals surface area contributed by atoms with Crippen molar-refractivity contribution in [1.29, 1.82) is 0 Å². The molecule has 438 valence electrons. The van der Waals surface area contributed by atoms with Crippen LogP contribution in [0.3, 0.4) is 0 Å². The number of carbonyl (C=O) groups excluding carboxylic acids is 3. The van der Waals surface area contributed by atoms with Gasteiger partial charge in [-0.05, 0) is 116 Å². The second kappa shape index (κ2) is 52.3. The summed E-state index contributed by atoms with van der Waals surface area (Å²) in [4.78, 5) is 51.2. The van der Waals surface area contributed by atoms with E-state index >= 15 is 0 Å². The van der Waals surface area contributed by atoms with Gasteiger partial charge in [-0.1, -0.05) is 201 Å². The van der Waals surface area contributed by atoms with E-state index in [-0.39, 0.29) is 25.9 Å². The van der Waals surface area contributed by atoms with Crippen molar-refractivity contribution in [3.8, 4) is 0 Å². The Morgan fingerprint density at radius 3 is 1.30 bits per heavy atom. The Morgan fingerprint density at radius 2 is 0.844 bits per heavy atom. The van der Waals surface area contributed by atoms with E-state index < -0.39 is 67.3 Å². The van der Waals surface area contributed by atoms with Crippen molar-refractivity contribution >= 4 is 23.9 Å². The standard InChI is InChI=1S/C65H106O12/c1-4-7-10-13-16-19-22-25-27-28-29-30-32-34-36-39-42-45-48-51-57(66)73-54-56(75-58(67)52-49-46-43-40-38-35-31-26-23-20-17-14-11-8-5-2)55-74-65-63(61(70)60(69)62(77-65)64(71)72)76-59(68)53-50-47-44-41-37-33-24-21-18-15-12-9-6-3/h7,10,12,15-17,19-21,24-27,29-31,56,60-63,65,69-70H,4-6,8-9,11,13-14,18,22-23,28,32-55H2,1-3H3,(H,71,72)/b10-7-,15-12-,19-16-,20-17-,24-21-,27-25-,30-29-,31-26-. The first-order valence-electron chi connectivity index (χ1n) is 30.2. The molecule has 0 bridgehead atoms. The van der Waals surface area contributed by atoms with Crippen LogP contribution in [0.1, 0.15) is 239 Å². The van der Waals surface area contributed by atoms with Crippen molar-refractivity contribution in [3.05, 3.63) is 97.2 Å². The number of aliphatic carboxylic acids is 1. The molecule has 12 heteroatoms. The fraction of sp³-hybridized carbons (Fsp3) is 0.692. The molecule has 6 unspecified atom stereocenters. The summed E-state index contributed by atoms with van der Waals surface area (Å²) in [6.07, 6.45) is 56.5. The maximum Gasteiger partial charge on any atom is 0.335 e. The smallest absolute Gasteiger partial charge is 0.335 e. The van der Waals surface area contributed by atoms with E-state index in [0.717, 1.165) is 161 Å². The molecule has 12 nitrogen and oxygen atoms in total. The van der Waals surface area contributed by atoms with Crippen LogP contribution in [0.5, 0.6) is 0 Å². The maximum absolute atomic E-state index is 13.2. The van der Waals surface area contributed by atoms with E-state index in [1.165, 1.54) is 19.3 Å². The number of aliphatic hydroxyl groups is 2. The van der Waals surface area contributed by atoms with Gasteiger partial charge in [0.1, 0.15) is 18.8 Å². The minimum absolute atomic E-state index is 0.0371. The third-order valence-electron chi connectivity index (χ3n) is 13.1. The molecule has 3 N–H and O–H groups in total. The van der Waals surface area contributed by atoms with Crippen molar-refractivity contribution in [2.45, 2.75) is 276 Å². The van der Waals surface area contributed by atoms with E-state index in [4.69, 9.17) is 23.7 Å². The molecule has 0 radical (unpaired) electrons. The number of carboxylic acid groups (broad SMARTS) is 1. The molecule has 0 spiro atoms. The molecule has 0 aliphatic carbocycles. The predicted molar refractivity (Wildman–Crippen MR) is 312 cm³/mol. The van der Waals surface area contributed by atoms with Crippen LogP contribution in [0.2, 0.25) is 0 Å². The number of hydrogen-bond donors (Lipinski definition) is 3. The first-order chi connectivity index (χ1) is 37.6. The van der Waals surface area contributed by atoms with E-state index in [2.05, 4.69) is 118 Å². The molecule has 0 aromatic carbocycles. The summed E-state index contributed by atoms with van der Waals surface area (Å²) in [6, 6.07) is 0. The van der Waals surface area contributed by atoms with Gasteiger partial charge in [0.05, 0.1) is 6.61 Å². The molecule has 1 saturated heterocycles. The monoisotopic (exact) mass is 1080 g/mol. The summed E-state index contributed by atoms with van der Waals surface area (Å²) in [5.74, 6) is -3.18. The normalized spacial score (nSPS) is 18.7. The number of ether oxygens (including phenoxy) is 5. The Bertz CT molecular complexity index is 1710.